The molecule has 11 nitrogen and oxygen atoms in total. The van der Waals surface area contributed by atoms with E-state index in [1.807, 2.05) is 49.9 Å². The van der Waals surface area contributed by atoms with Crippen LogP contribution in [0.25, 0.3) is 5.82 Å². The Morgan fingerprint density at radius 1 is 1.08 bits per heavy atom. The molecule has 0 aromatic carbocycles. The van der Waals surface area contributed by atoms with Crippen LogP contribution >= 0.6 is 23.5 Å². The van der Waals surface area contributed by atoms with Crippen LogP contribution in [0, 0.1) is 23.7 Å². The molecule has 0 spiro atoms. The van der Waals surface area contributed by atoms with Crippen LogP contribution in [0.3, 0.4) is 0 Å². The van der Waals surface area contributed by atoms with Gasteiger partial charge in [0.1, 0.15) is 21.6 Å². The van der Waals surface area contributed by atoms with E-state index in [1.54, 1.807) is 23.0 Å². The lowest BCUT2D eigenvalue weighted by molar-refractivity contribution is 0.0130. The molecule has 1 atom stereocenters. The maximum atomic E-state index is 13.0. The van der Waals surface area contributed by atoms with E-state index < -0.39 is 5.60 Å². The second-order valence-corrected chi connectivity index (χ2v) is 16.7. The number of hydrogen-bond donors (Lipinski definition) is 2. The number of halogens is 1. The number of carbonyl (C=O) groups is 2. The second-order valence-electron chi connectivity index (χ2n) is 15.5. The van der Waals surface area contributed by atoms with E-state index in [0.717, 1.165) is 67.7 Å². The highest BCUT2D eigenvalue weighted by atomic mass is 35.5. The van der Waals surface area contributed by atoms with Crippen LogP contribution in [0.15, 0.2) is 47.6 Å². The summed E-state index contributed by atoms with van der Waals surface area (Å²) in [6.07, 6.45) is 11.0. The SMILES string of the molecule is CC(C)(C)OC(=O)N1CC(CCCNc2cccc(SNC(=O)c3ccc(-n4ccc(OCCC(C5CC5)C5CC5)n4)nc3Cl)n2)CC1(C)C. The molecular weight excluding hydrogens is 674 g/mol. The van der Waals surface area contributed by atoms with Crippen LogP contribution in [0.1, 0.15) is 96.3 Å². The molecule has 0 radical (unpaired) electrons. The lowest BCUT2D eigenvalue weighted by Crippen LogP contribution is -2.45. The Labute approximate surface area is 304 Å². The smallest absolute Gasteiger partial charge is 0.410 e. The van der Waals surface area contributed by atoms with Gasteiger partial charge in [0, 0.05) is 42.8 Å². The highest BCUT2D eigenvalue weighted by molar-refractivity contribution is 7.97. The van der Waals surface area contributed by atoms with Crippen molar-refractivity contribution in [3.8, 4) is 11.7 Å². The Kier molecular flexibility index (Phi) is 11.2. The average molecular weight is 724 g/mol. The summed E-state index contributed by atoms with van der Waals surface area (Å²) in [5, 5.41) is 8.61. The van der Waals surface area contributed by atoms with Crippen molar-refractivity contribution in [2.75, 3.05) is 25.0 Å². The Bertz CT molecular complexity index is 1640. The zero-order valence-electron chi connectivity index (χ0n) is 29.8. The van der Waals surface area contributed by atoms with Gasteiger partial charge in [0.25, 0.3) is 5.91 Å². The van der Waals surface area contributed by atoms with Gasteiger partial charge in [-0.2, -0.15) is 0 Å². The van der Waals surface area contributed by atoms with Gasteiger partial charge >= 0.3 is 6.09 Å². The van der Waals surface area contributed by atoms with E-state index in [9.17, 15) is 9.59 Å². The summed E-state index contributed by atoms with van der Waals surface area (Å²) in [5.41, 5.74) is -0.483. The van der Waals surface area contributed by atoms with Crippen molar-refractivity contribution >= 4 is 41.4 Å². The standard InChI is InChI=1S/C37H50ClN7O4S/c1-36(2,3)49-35(47)44-23-24(22-37(44,4)5)8-7-19-39-29-9-6-10-32(40-29)50-43-34(46)28-15-16-30(41-33(28)38)45-20-17-31(42-45)48-21-18-27(25-11-12-25)26-13-14-26/h6,9-10,15-17,20,24-27H,7-8,11-14,18-19,21-23H2,1-5H3,(H,39,40)(H,43,46). The van der Waals surface area contributed by atoms with Crippen LogP contribution in [0.2, 0.25) is 5.15 Å². The summed E-state index contributed by atoms with van der Waals surface area (Å²) in [5.74, 6) is 4.44. The molecule has 2 amide bonds. The van der Waals surface area contributed by atoms with E-state index in [-0.39, 0.29) is 28.3 Å². The molecule has 3 fully saturated rings. The van der Waals surface area contributed by atoms with Gasteiger partial charge in [-0.3, -0.25) is 9.52 Å². The number of hydrogen-bond acceptors (Lipinski definition) is 9. The molecule has 50 heavy (non-hydrogen) atoms. The first-order valence-electron chi connectivity index (χ1n) is 17.9. The van der Waals surface area contributed by atoms with Crippen LogP contribution in [0.4, 0.5) is 10.6 Å². The maximum absolute atomic E-state index is 13.0. The fourth-order valence-corrected chi connectivity index (χ4v) is 7.82. The van der Waals surface area contributed by atoms with E-state index >= 15 is 0 Å². The van der Waals surface area contributed by atoms with Crippen molar-refractivity contribution in [1.29, 1.82) is 0 Å². The fourth-order valence-electron chi connectivity index (χ4n) is 6.99. The van der Waals surface area contributed by atoms with Crippen molar-refractivity contribution in [2.45, 2.75) is 102 Å². The lowest BCUT2D eigenvalue weighted by Gasteiger charge is -2.33. The molecule has 3 aliphatic rings. The van der Waals surface area contributed by atoms with Crippen molar-refractivity contribution in [1.82, 2.24) is 29.4 Å². The topological polar surface area (TPSA) is 124 Å². The molecule has 6 rings (SSSR count). The predicted molar refractivity (Wildman–Crippen MR) is 196 cm³/mol. The molecule has 1 aliphatic heterocycles. The third-order valence-electron chi connectivity index (χ3n) is 9.67. The Balaban J connectivity index is 0.927. The average Bonchev–Trinajstić information content (AvgIpc) is 4.00. The van der Waals surface area contributed by atoms with Crippen molar-refractivity contribution in [2.24, 2.45) is 23.7 Å². The molecule has 4 heterocycles. The molecule has 3 aromatic heterocycles. The third-order valence-corrected chi connectivity index (χ3v) is 10.7. The molecule has 13 heteroatoms. The molecule has 1 saturated heterocycles. The van der Waals surface area contributed by atoms with Gasteiger partial charge in [-0.1, -0.05) is 17.7 Å². The summed E-state index contributed by atoms with van der Waals surface area (Å²) in [4.78, 5) is 36.6. The van der Waals surface area contributed by atoms with Gasteiger partial charge in [0.15, 0.2) is 5.82 Å². The third kappa shape index (κ3) is 9.84. The van der Waals surface area contributed by atoms with Crippen molar-refractivity contribution < 1.29 is 19.1 Å². The number of rotatable bonds is 15. The Morgan fingerprint density at radius 2 is 1.84 bits per heavy atom. The first-order chi connectivity index (χ1) is 23.8. The predicted octanol–water partition coefficient (Wildman–Crippen LogP) is 8.19. The fraction of sp³-hybridized carbons (Fsp3) is 0.595. The Hall–Kier alpha value is -3.51. The first kappa shape index (κ1) is 36.3. The van der Waals surface area contributed by atoms with E-state index in [4.69, 9.17) is 21.1 Å². The maximum Gasteiger partial charge on any atom is 0.410 e. The summed E-state index contributed by atoms with van der Waals surface area (Å²) in [7, 11) is 0. The van der Waals surface area contributed by atoms with E-state index in [2.05, 4.69) is 39.0 Å². The van der Waals surface area contributed by atoms with Gasteiger partial charge in [-0.25, -0.2) is 19.4 Å². The summed E-state index contributed by atoms with van der Waals surface area (Å²) in [6, 6.07) is 10.8. The van der Waals surface area contributed by atoms with Crippen molar-refractivity contribution in [3.05, 3.63) is 53.3 Å². The zero-order chi connectivity index (χ0) is 35.5. The molecule has 1 unspecified atom stereocenters. The minimum absolute atomic E-state index is 0.0820. The molecule has 2 aliphatic carbocycles. The van der Waals surface area contributed by atoms with E-state index in [0.29, 0.717) is 35.8 Å². The monoisotopic (exact) mass is 723 g/mol. The number of ether oxygens (including phenoxy) is 2. The number of aromatic nitrogens is 4. The zero-order valence-corrected chi connectivity index (χ0v) is 31.4. The van der Waals surface area contributed by atoms with Crippen molar-refractivity contribution in [3.63, 3.8) is 0 Å². The van der Waals surface area contributed by atoms with Crippen LogP contribution in [0.5, 0.6) is 5.88 Å². The minimum Gasteiger partial charge on any atom is -0.477 e. The number of anilines is 1. The number of amides is 2. The number of pyridine rings is 2. The lowest BCUT2D eigenvalue weighted by atomic mass is 9.93. The van der Waals surface area contributed by atoms with Gasteiger partial charge in [-0.05, 0) is 134 Å². The largest absolute Gasteiger partial charge is 0.477 e. The molecule has 3 aromatic rings. The minimum atomic E-state index is -0.511. The van der Waals surface area contributed by atoms with Gasteiger partial charge in [-0.15, -0.1) is 5.10 Å². The first-order valence-corrected chi connectivity index (χ1v) is 19.1. The molecule has 0 bridgehead atoms. The van der Waals surface area contributed by atoms with Crippen LogP contribution in [-0.4, -0.2) is 67.5 Å². The highest BCUT2D eigenvalue weighted by Crippen LogP contribution is 2.50. The quantitative estimate of drug-likeness (QED) is 0.0908. The normalized spacial score (nSPS) is 18.7. The molecular formula is C37H50ClN7O4S. The number of nitrogens with zero attached hydrogens (tertiary/aromatic N) is 5. The number of carbonyl (C=O) groups excluding carboxylic acids is 2. The van der Waals surface area contributed by atoms with Crippen LogP contribution < -0.4 is 14.8 Å². The molecule has 2 N–H and O–H groups in total. The molecule has 2 saturated carbocycles. The van der Waals surface area contributed by atoms with Gasteiger partial charge in [0.2, 0.25) is 5.88 Å². The van der Waals surface area contributed by atoms with E-state index in [1.165, 1.54) is 25.7 Å². The Morgan fingerprint density at radius 3 is 2.54 bits per heavy atom. The number of nitrogens with one attached hydrogen (secondary N) is 2. The summed E-state index contributed by atoms with van der Waals surface area (Å²) >= 11 is 7.57. The second kappa shape index (κ2) is 15.4. The van der Waals surface area contributed by atoms with Gasteiger partial charge < -0.3 is 19.7 Å². The summed E-state index contributed by atoms with van der Waals surface area (Å²) in [6.45, 7) is 12.0. The van der Waals surface area contributed by atoms with Gasteiger partial charge in [0.05, 0.1) is 12.2 Å². The van der Waals surface area contributed by atoms with Crippen LogP contribution in [-0.2, 0) is 4.74 Å². The highest BCUT2D eigenvalue weighted by Gasteiger charge is 2.43. The summed E-state index contributed by atoms with van der Waals surface area (Å²) < 4.78 is 16.0. The number of likely N-dealkylation sites (tertiary alicyclic amines) is 1. The molecule has 270 valence electrons.